The van der Waals surface area contributed by atoms with Gasteiger partial charge in [0, 0.05) is 17.3 Å². The second-order valence-electron chi connectivity index (χ2n) is 3.31. The fraction of sp³-hybridized carbons (Fsp3) is 0.364. The number of ether oxygens (including phenoxy) is 1. The lowest BCUT2D eigenvalue weighted by molar-refractivity contribution is -0.135. The Morgan fingerprint density at radius 3 is 2.62 bits per heavy atom. The van der Waals surface area contributed by atoms with Gasteiger partial charge in [0.15, 0.2) is 0 Å². The van der Waals surface area contributed by atoms with Crippen molar-refractivity contribution in [2.75, 3.05) is 19.7 Å². The quantitative estimate of drug-likeness (QED) is 0.466. The molecule has 5 heteroatoms. The molecule has 0 fully saturated rings. The van der Waals surface area contributed by atoms with E-state index in [1.54, 1.807) is 13.1 Å². The number of H-pyrrole nitrogens is 1. The van der Waals surface area contributed by atoms with Crippen LogP contribution in [0.15, 0.2) is 17.8 Å². The van der Waals surface area contributed by atoms with Crippen molar-refractivity contribution in [2.24, 2.45) is 0 Å². The highest BCUT2D eigenvalue weighted by molar-refractivity contribution is 5.97. The summed E-state index contributed by atoms with van der Waals surface area (Å²) >= 11 is 0. The van der Waals surface area contributed by atoms with Crippen LogP contribution in [-0.2, 0) is 14.4 Å². The molecule has 0 bridgehead atoms. The van der Waals surface area contributed by atoms with E-state index in [0.29, 0.717) is 11.4 Å². The molecule has 0 aromatic carbocycles. The molecule has 0 aliphatic rings. The predicted octanol–water partition coefficient (Wildman–Crippen LogP) is 1.95. The number of hydrogen-bond donors (Lipinski definition) is 2. The number of aromatic nitrogens is 1. The van der Waals surface area contributed by atoms with Crippen molar-refractivity contribution in [2.45, 2.75) is 13.8 Å². The zero-order chi connectivity index (χ0) is 12.1. The van der Waals surface area contributed by atoms with Gasteiger partial charge >= 0.3 is 5.97 Å². The number of carbonyl (C=O) groups is 1. The maximum absolute atomic E-state index is 11.4. The Labute approximate surface area is 94.4 Å². The number of esters is 1. The van der Waals surface area contributed by atoms with Crippen molar-refractivity contribution in [3.8, 4) is 0 Å². The minimum absolute atomic E-state index is 0.331. The van der Waals surface area contributed by atoms with Gasteiger partial charge in [-0.1, -0.05) is 0 Å². The molecule has 1 rings (SSSR count). The molecular formula is C11H16N2O3. The van der Waals surface area contributed by atoms with Crippen LogP contribution in [0.4, 0.5) is 5.82 Å². The number of aromatic amines is 1. The summed E-state index contributed by atoms with van der Waals surface area (Å²) in [5.74, 6) is 0.380. The minimum atomic E-state index is -0.331. The van der Waals surface area contributed by atoms with E-state index >= 15 is 0 Å². The molecule has 0 unspecified atom stereocenters. The largest absolute Gasteiger partial charge is 0.466 e. The number of rotatable bonds is 4. The highest BCUT2D eigenvalue weighted by Crippen LogP contribution is 2.25. The molecule has 5 nitrogen and oxygen atoms in total. The average molecular weight is 224 g/mol. The summed E-state index contributed by atoms with van der Waals surface area (Å²) in [7, 11) is 2.89. The zero-order valence-electron chi connectivity index (χ0n) is 9.88. The molecule has 1 aromatic heterocycles. The predicted molar refractivity (Wildman–Crippen MR) is 61.7 cm³/mol. The molecule has 1 aromatic rings. The van der Waals surface area contributed by atoms with Crippen LogP contribution in [0.5, 0.6) is 0 Å². The standard InChI is InChI=1S/C11H16N2O3/c1-7(8(2)11(14)15-3)9-5-6-12-10(9)13-16-4/h5-6,12-13H,1-4H3/b8-7+. The highest BCUT2D eigenvalue weighted by Gasteiger charge is 2.12. The molecule has 0 aliphatic carbocycles. The number of anilines is 1. The van der Waals surface area contributed by atoms with Gasteiger partial charge < -0.3 is 9.72 Å². The molecular weight excluding hydrogens is 208 g/mol. The van der Waals surface area contributed by atoms with Crippen molar-refractivity contribution in [3.05, 3.63) is 23.4 Å². The molecule has 0 atom stereocenters. The Bertz CT molecular complexity index is 407. The molecule has 0 spiro atoms. The van der Waals surface area contributed by atoms with Gasteiger partial charge in [0.2, 0.25) is 0 Å². The van der Waals surface area contributed by atoms with E-state index < -0.39 is 0 Å². The first-order valence-corrected chi connectivity index (χ1v) is 4.84. The number of methoxy groups -OCH3 is 1. The van der Waals surface area contributed by atoms with Gasteiger partial charge in [-0.25, -0.2) is 4.79 Å². The average Bonchev–Trinajstić information content (AvgIpc) is 2.74. The van der Waals surface area contributed by atoms with E-state index in [9.17, 15) is 4.79 Å². The zero-order valence-corrected chi connectivity index (χ0v) is 9.88. The lowest BCUT2D eigenvalue weighted by Crippen LogP contribution is -2.05. The SMILES string of the molecule is CONc1[nH]ccc1/C(C)=C(\C)C(=O)OC. The summed E-state index contributed by atoms with van der Waals surface area (Å²) < 4.78 is 4.67. The van der Waals surface area contributed by atoms with Crippen LogP contribution >= 0.6 is 0 Å². The normalized spacial score (nSPS) is 12.0. The Balaban J connectivity index is 3.07. The van der Waals surface area contributed by atoms with Gasteiger partial charge in [0.05, 0.1) is 14.2 Å². The van der Waals surface area contributed by atoms with Gasteiger partial charge in [-0.3, -0.25) is 10.3 Å². The monoisotopic (exact) mass is 224 g/mol. The second kappa shape index (κ2) is 5.37. The third-order valence-electron chi connectivity index (χ3n) is 2.41. The van der Waals surface area contributed by atoms with E-state index in [0.717, 1.165) is 11.1 Å². The first-order valence-electron chi connectivity index (χ1n) is 4.84. The van der Waals surface area contributed by atoms with Gasteiger partial charge in [-0.05, 0) is 25.5 Å². The fourth-order valence-electron chi connectivity index (χ4n) is 1.38. The maximum Gasteiger partial charge on any atom is 0.333 e. The summed E-state index contributed by atoms with van der Waals surface area (Å²) in [6.45, 7) is 3.58. The van der Waals surface area contributed by atoms with Crippen LogP contribution in [0.25, 0.3) is 5.57 Å². The van der Waals surface area contributed by atoms with Crippen LogP contribution in [0, 0.1) is 0 Å². The first kappa shape index (κ1) is 12.3. The lowest BCUT2D eigenvalue weighted by atomic mass is 10.0. The third-order valence-corrected chi connectivity index (χ3v) is 2.41. The van der Waals surface area contributed by atoms with Gasteiger partial charge in [-0.2, -0.15) is 0 Å². The maximum atomic E-state index is 11.4. The summed E-state index contributed by atoms with van der Waals surface area (Å²) in [5.41, 5.74) is 5.00. The topological polar surface area (TPSA) is 63.3 Å². The van der Waals surface area contributed by atoms with Gasteiger partial charge in [0.1, 0.15) is 5.82 Å². The summed E-state index contributed by atoms with van der Waals surface area (Å²) in [6.07, 6.45) is 1.77. The molecule has 0 aliphatic heterocycles. The molecule has 1 heterocycles. The van der Waals surface area contributed by atoms with Gasteiger partial charge in [0.25, 0.3) is 0 Å². The Hall–Kier alpha value is -1.75. The summed E-state index contributed by atoms with van der Waals surface area (Å²) in [5, 5.41) is 0. The molecule has 16 heavy (non-hydrogen) atoms. The van der Waals surface area contributed by atoms with Gasteiger partial charge in [-0.15, -0.1) is 0 Å². The number of carbonyl (C=O) groups excluding carboxylic acids is 1. The Morgan fingerprint density at radius 2 is 2.06 bits per heavy atom. The molecule has 0 amide bonds. The first-order chi connectivity index (χ1) is 7.61. The fourth-order valence-corrected chi connectivity index (χ4v) is 1.38. The molecule has 88 valence electrons. The molecule has 0 saturated carbocycles. The molecule has 0 radical (unpaired) electrons. The van der Waals surface area contributed by atoms with Crippen LogP contribution in [-0.4, -0.2) is 25.2 Å². The van der Waals surface area contributed by atoms with E-state index in [1.165, 1.54) is 14.2 Å². The lowest BCUT2D eigenvalue weighted by Gasteiger charge is -2.08. The van der Waals surface area contributed by atoms with Crippen LogP contribution < -0.4 is 5.48 Å². The van der Waals surface area contributed by atoms with Crippen molar-refractivity contribution in [1.29, 1.82) is 0 Å². The van der Waals surface area contributed by atoms with E-state index in [1.807, 2.05) is 13.0 Å². The third kappa shape index (κ3) is 2.43. The van der Waals surface area contributed by atoms with Crippen molar-refractivity contribution < 1.29 is 14.4 Å². The smallest absolute Gasteiger partial charge is 0.333 e. The van der Waals surface area contributed by atoms with Crippen molar-refractivity contribution in [1.82, 2.24) is 4.98 Å². The Morgan fingerprint density at radius 1 is 1.38 bits per heavy atom. The van der Waals surface area contributed by atoms with Crippen LogP contribution in [0.2, 0.25) is 0 Å². The van der Waals surface area contributed by atoms with Crippen molar-refractivity contribution >= 4 is 17.4 Å². The summed E-state index contributed by atoms with van der Waals surface area (Å²) in [6, 6.07) is 1.86. The van der Waals surface area contributed by atoms with Crippen LogP contribution in [0.1, 0.15) is 19.4 Å². The number of allylic oxidation sites excluding steroid dienone is 1. The molecule has 2 N–H and O–H groups in total. The molecule has 0 saturated heterocycles. The van der Waals surface area contributed by atoms with E-state index in [-0.39, 0.29) is 5.97 Å². The summed E-state index contributed by atoms with van der Waals surface area (Å²) in [4.78, 5) is 19.2. The minimum Gasteiger partial charge on any atom is -0.466 e. The Kier molecular flexibility index (Phi) is 4.13. The number of nitrogens with one attached hydrogen (secondary N) is 2. The van der Waals surface area contributed by atoms with Crippen molar-refractivity contribution in [3.63, 3.8) is 0 Å². The van der Waals surface area contributed by atoms with E-state index in [2.05, 4.69) is 15.2 Å². The second-order valence-corrected chi connectivity index (χ2v) is 3.31. The number of hydrogen-bond acceptors (Lipinski definition) is 4. The van der Waals surface area contributed by atoms with Crippen LogP contribution in [0.3, 0.4) is 0 Å². The highest BCUT2D eigenvalue weighted by atomic mass is 16.6. The van der Waals surface area contributed by atoms with E-state index in [4.69, 9.17) is 4.84 Å².